The van der Waals surface area contributed by atoms with Crippen LogP contribution in [0.5, 0.6) is 0 Å². The second-order valence-corrected chi connectivity index (χ2v) is 12.2. The number of aryl methyl sites for hydroxylation is 1. The molecule has 8 nitrogen and oxygen atoms in total. The van der Waals surface area contributed by atoms with Crippen molar-refractivity contribution >= 4 is 32.8 Å². The van der Waals surface area contributed by atoms with E-state index < -0.39 is 21.7 Å². The fourth-order valence-corrected chi connectivity index (χ4v) is 5.68. The summed E-state index contributed by atoms with van der Waals surface area (Å²) in [6.45, 7) is 8.62. The average molecular weight is 519 g/mol. The fraction of sp³-hybridized carbons (Fsp3) is 0.286. The van der Waals surface area contributed by atoms with Gasteiger partial charge in [0, 0.05) is 30.2 Å². The first-order chi connectivity index (χ1) is 17.5. The highest BCUT2D eigenvalue weighted by atomic mass is 32.2. The molecule has 9 heteroatoms. The largest absolute Gasteiger partial charge is 0.444 e. The van der Waals surface area contributed by atoms with Gasteiger partial charge in [-0.25, -0.2) is 22.2 Å². The molecule has 2 aromatic carbocycles. The molecule has 1 aliphatic rings. The van der Waals surface area contributed by atoms with Crippen molar-refractivity contribution in [1.29, 1.82) is 0 Å². The number of nitrogens with zero attached hydrogens (tertiary/aromatic N) is 3. The van der Waals surface area contributed by atoms with Crippen LogP contribution in [0.1, 0.15) is 26.3 Å². The monoisotopic (exact) mass is 518 g/mol. The minimum atomic E-state index is -3.85. The Morgan fingerprint density at radius 2 is 1.73 bits per heavy atom. The van der Waals surface area contributed by atoms with Crippen molar-refractivity contribution in [2.75, 3.05) is 18.0 Å². The Morgan fingerprint density at radius 1 is 1.05 bits per heavy atom. The van der Waals surface area contributed by atoms with Crippen molar-refractivity contribution in [3.8, 4) is 11.1 Å². The van der Waals surface area contributed by atoms with E-state index in [9.17, 15) is 13.2 Å². The molecule has 4 aromatic rings. The first kappa shape index (κ1) is 24.8. The molecular formula is C28H30N4O4S. The molecule has 0 spiro atoms. The van der Waals surface area contributed by atoms with Gasteiger partial charge in [0.05, 0.1) is 22.8 Å². The molecule has 1 N–H and O–H groups in total. The van der Waals surface area contributed by atoms with Gasteiger partial charge in [-0.15, -0.1) is 0 Å². The smallest absolute Gasteiger partial charge is 0.407 e. The second-order valence-electron chi connectivity index (χ2n) is 10.3. The third-order valence-corrected chi connectivity index (χ3v) is 7.89. The Kier molecular flexibility index (Phi) is 6.19. The van der Waals surface area contributed by atoms with Crippen LogP contribution in [0.25, 0.3) is 22.2 Å². The molecule has 1 fully saturated rings. The number of carbonyl (C=O) groups excluding carboxylic acids is 1. The van der Waals surface area contributed by atoms with Crippen molar-refractivity contribution in [2.45, 2.75) is 44.2 Å². The number of carbonyl (C=O) groups is 1. The van der Waals surface area contributed by atoms with Crippen LogP contribution in [0, 0.1) is 6.92 Å². The lowest BCUT2D eigenvalue weighted by Crippen LogP contribution is -2.60. The van der Waals surface area contributed by atoms with Crippen molar-refractivity contribution in [3.63, 3.8) is 0 Å². The number of hydrogen-bond acceptors (Lipinski definition) is 6. The normalized spacial score (nSPS) is 14.4. The Morgan fingerprint density at radius 3 is 2.38 bits per heavy atom. The number of benzene rings is 2. The van der Waals surface area contributed by atoms with Crippen molar-refractivity contribution < 1.29 is 17.9 Å². The maximum atomic E-state index is 13.6. The van der Waals surface area contributed by atoms with Gasteiger partial charge in [0.25, 0.3) is 10.0 Å². The van der Waals surface area contributed by atoms with E-state index in [2.05, 4.69) is 15.2 Å². The molecular weight excluding hydrogens is 488 g/mol. The highest BCUT2D eigenvalue weighted by molar-refractivity contribution is 7.90. The maximum absolute atomic E-state index is 13.6. The van der Waals surface area contributed by atoms with E-state index in [1.54, 1.807) is 36.7 Å². The lowest BCUT2D eigenvalue weighted by Gasteiger charge is -2.41. The topological polar surface area (TPSA) is 93.5 Å². The fourth-order valence-electron chi connectivity index (χ4n) is 4.35. The Bertz CT molecular complexity index is 1550. The number of ether oxygens (including phenoxy) is 1. The minimum Gasteiger partial charge on any atom is -0.444 e. The van der Waals surface area contributed by atoms with Gasteiger partial charge in [-0.3, -0.25) is 0 Å². The molecule has 1 amide bonds. The number of fused-ring (bicyclic) bond motifs is 1. The van der Waals surface area contributed by atoms with Crippen molar-refractivity contribution in [1.82, 2.24) is 14.3 Å². The van der Waals surface area contributed by atoms with Crippen LogP contribution >= 0.6 is 0 Å². The summed E-state index contributed by atoms with van der Waals surface area (Å²) in [5.41, 5.74) is 3.34. The molecule has 0 bridgehead atoms. The minimum absolute atomic E-state index is 0.0364. The van der Waals surface area contributed by atoms with E-state index in [4.69, 9.17) is 4.74 Å². The van der Waals surface area contributed by atoms with Crippen LogP contribution in [0.2, 0.25) is 0 Å². The predicted molar refractivity (Wildman–Crippen MR) is 144 cm³/mol. The van der Waals surface area contributed by atoms with E-state index >= 15 is 0 Å². The van der Waals surface area contributed by atoms with Crippen LogP contribution in [-0.4, -0.2) is 48.2 Å². The molecule has 37 heavy (non-hydrogen) atoms. The zero-order valence-electron chi connectivity index (χ0n) is 21.3. The van der Waals surface area contributed by atoms with Gasteiger partial charge in [-0.05, 0) is 51.5 Å². The molecule has 0 saturated carbocycles. The summed E-state index contributed by atoms with van der Waals surface area (Å²) >= 11 is 0. The predicted octanol–water partition coefficient (Wildman–Crippen LogP) is 4.96. The number of nitrogens with one attached hydrogen (secondary N) is 1. The molecule has 192 valence electrons. The van der Waals surface area contributed by atoms with Gasteiger partial charge in [-0.2, -0.15) is 0 Å². The third kappa shape index (κ3) is 5.04. The van der Waals surface area contributed by atoms with Gasteiger partial charge in [0.15, 0.2) is 5.65 Å². The van der Waals surface area contributed by atoms with Crippen LogP contribution < -0.4 is 10.2 Å². The van der Waals surface area contributed by atoms with Crippen molar-refractivity contribution in [2.24, 2.45) is 0 Å². The maximum Gasteiger partial charge on any atom is 0.407 e. The van der Waals surface area contributed by atoms with E-state index in [0.717, 1.165) is 27.8 Å². The molecule has 0 radical (unpaired) electrons. The number of aromatic nitrogens is 2. The Hall–Kier alpha value is -3.85. The van der Waals surface area contributed by atoms with E-state index in [-0.39, 0.29) is 10.9 Å². The number of alkyl carbamates (subject to hydrolysis) is 1. The van der Waals surface area contributed by atoms with Crippen LogP contribution in [0.4, 0.5) is 10.5 Å². The quantitative estimate of drug-likeness (QED) is 0.401. The summed E-state index contributed by atoms with van der Waals surface area (Å²) in [5.74, 6) is 0. The van der Waals surface area contributed by atoms with Crippen LogP contribution in [0.3, 0.4) is 0 Å². The standard InChI is InChI=1S/C28H30N4O4S/c1-19-10-12-23(13-11-19)37(34,35)32-18-25(20-8-6-5-7-9-20)24-14-22(15-29-26(24)32)31-16-21(17-31)30-27(33)36-28(2,3)4/h5-15,18,21H,16-17H2,1-4H3,(H,30,33). The summed E-state index contributed by atoms with van der Waals surface area (Å²) in [7, 11) is -3.85. The summed E-state index contributed by atoms with van der Waals surface area (Å²) in [4.78, 5) is 19.0. The van der Waals surface area contributed by atoms with Crippen molar-refractivity contribution in [3.05, 3.63) is 78.6 Å². The summed E-state index contributed by atoms with van der Waals surface area (Å²) in [6, 6.07) is 18.4. The molecule has 0 atom stereocenters. The Balaban J connectivity index is 1.48. The average Bonchev–Trinajstić information content (AvgIpc) is 3.20. The summed E-state index contributed by atoms with van der Waals surface area (Å²) < 4.78 is 33.8. The molecule has 1 aliphatic heterocycles. The highest BCUT2D eigenvalue weighted by Crippen LogP contribution is 2.35. The lowest BCUT2D eigenvalue weighted by molar-refractivity contribution is 0.0496. The highest BCUT2D eigenvalue weighted by Gasteiger charge is 2.31. The first-order valence-corrected chi connectivity index (χ1v) is 13.6. The van der Waals surface area contributed by atoms with Gasteiger partial charge in [0.2, 0.25) is 0 Å². The van der Waals surface area contributed by atoms with Gasteiger partial charge < -0.3 is 15.0 Å². The Labute approximate surface area is 216 Å². The number of anilines is 1. The van der Waals surface area contributed by atoms with E-state index in [1.165, 1.54) is 3.97 Å². The molecule has 1 saturated heterocycles. The number of pyridine rings is 1. The van der Waals surface area contributed by atoms with Gasteiger partial charge in [0.1, 0.15) is 5.60 Å². The first-order valence-electron chi connectivity index (χ1n) is 12.1. The van der Waals surface area contributed by atoms with Gasteiger partial charge in [-0.1, -0.05) is 48.0 Å². The zero-order chi connectivity index (χ0) is 26.4. The summed E-state index contributed by atoms with van der Waals surface area (Å²) in [5, 5.41) is 3.63. The van der Waals surface area contributed by atoms with Gasteiger partial charge >= 0.3 is 6.09 Å². The molecule has 5 rings (SSSR count). The van der Waals surface area contributed by atoms with E-state index in [1.807, 2.05) is 64.1 Å². The molecule has 0 aliphatic carbocycles. The summed E-state index contributed by atoms with van der Waals surface area (Å²) in [6.07, 6.45) is 2.90. The zero-order valence-corrected chi connectivity index (χ0v) is 22.1. The number of amides is 1. The molecule has 3 heterocycles. The van der Waals surface area contributed by atoms with Crippen LogP contribution in [0.15, 0.2) is 78.0 Å². The molecule has 0 unspecified atom stereocenters. The van der Waals surface area contributed by atoms with Crippen LogP contribution in [-0.2, 0) is 14.8 Å². The lowest BCUT2D eigenvalue weighted by atomic mass is 10.0. The SMILES string of the molecule is Cc1ccc(S(=O)(=O)n2cc(-c3ccccc3)c3cc(N4CC(NC(=O)OC(C)(C)C)C4)cnc32)cc1. The third-order valence-electron chi connectivity index (χ3n) is 6.23. The number of rotatable bonds is 5. The molecule has 2 aromatic heterocycles. The van der Waals surface area contributed by atoms with E-state index in [0.29, 0.717) is 18.7 Å². The second kappa shape index (κ2) is 9.23. The number of hydrogen-bond donors (Lipinski definition) is 1.